The average molecular weight is 272 g/mol. The number of hydrogen-bond donors (Lipinski definition) is 2. The van der Waals surface area contributed by atoms with E-state index in [0.717, 1.165) is 15.4 Å². The fraction of sp³-hybridized carbons (Fsp3) is 0.133. The lowest BCUT2D eigenvalue weighted by molar-refractivity contribution is 0.318. The van der Waals surface area contributed by atoms with Gasteiger partial charge in [0.2, 0.25) is 0 Å². The summed E-state index contributed by atoms with van der Waals surface area (Å²) in [6, 6.07) is 13.9. The van der Waals surface area contributed by atoms with Crippen molar-refractivity contribution in [2.24, 2.45) is 10.9 Å². The number of rotatable bonds is 3. The summed E-state index contributed by atoms with van der Waals surface area (Å²) < 4.78 is 0. The lowest BCUT2D eigenvalue weighted by atomic mass is 10.1. The van der Waals surface area contributed by atoms with E-state index in [9.17, 15) is 0 Å². The highest BCUT2D eigenvalue weighted by Gasteiger charge is 2.08. The molecular formula is C15H16N2OS. The van der Waals surface area contributed by atoms with Crippen molar-refractivity contribution in [2.75, 3.05) is 0 Å². The van der Waals surface area contributed by atoms with Crippen LogP contribution in [0, 0.1) is 13.8 Å². The number of aryl methyl sites for hydroxylation is 2. The SMILES string of the molecule is Cc1ccc(Sc2ccccc2/C(N)=N/O)cc1C. The summed E-state index contributed by atoms with van der Waals surface area (Å²) >= 11 is 1.61. The first-order valence-corrected chi connectivity index (χ1v) is 6.75. The van der Waals surface area contributed by atoms with E-state index in [0.29, 0.717) is 0 Å². The van der Waals surface area contributed by atoms with Crippen molar-refractivity contribution >= 4 is 17.6 Å². The largest absolute Gasteiger partial charge is 0.409 e. The molecule has 3 N–H and O–H groups in total. The Morgan fingerprint density at radius 2 is 1.84 bits per heavy atom. The second-order valence-electron chi connectivity index (χ2n) is 4.33. The molecule has 0 amide bonds. The Hall–Kier alpha value is -1.94. The molecule has 2 rings (SSSR count). The maximum atomic E-state index is 8.81. The van der Waals surface area contributed by atoms with Crippen LogP contribution in [0.2, 0.25) is 0 Å². The summed E-state index contributed by atoms with van der Waals surface area (Å²) in [6.45, 7) is 4.18. The number of hydrogen-bond acceptors (Lipinski definition) is 3. The van der Waals surface area contributed by atoms with Gasteiger partial charge in [0, 0.05) is 15.4 Å². The number of nitrogens with zero attached hydrogens (tertiary/aromatic N) is 1. The minimum Gasteiger partial charge on any atom is -0.409 e. The second-order valence-corrected chi connectivity index (χ2v) is 5.44. The summed E-state index contributed by atoms with van der Waals surface area (Å²) in [7, 11) is 0. The highest BCUT2D eigenvalue weighted by atomic mass is 32.2. The molecule has 0 spiro atoms. The van der Waals surface area contributed by atoms with Crippen LogP contribution in [0.5, 0.6) is 0 Å². The van der Waals surface area contributed by atoms with Gasteiger partial charge < -0.3 is 10.9 Å². The van der Waals surface area contributed by atoms with Crippen LogP contribution in [0.25, 0.3) is 0 Å². The molecular weight excluding hydrogens is 256 g/mol. The Bertz CT molecular complexity index is 623. The van der Waals surface area contributed by atoms with E-state index in [1.54, 1.807) is 11.8 Å². The van der Waals surface area contributed by atoms with Crippen molar-refractivity contribution in [3.63, 3.8) is 0 Å². The first kappa shape index (κ1) is 13.5. The van der Waals surface area contributed by atoms with E-state index in [1.807, 2.05) is 24.3 Å². The number of oxime groups is 1. The van der Waals surface area contributed by atoms with Crippen molar-refractivity contribution in [1.82, 2.24) is 0 Å². The number of benzene rings is 2. The van der Waals surface area contributed by atoms with Crippen LogP contribution in [0.15, 0.2) is 57.4 Å². The third kappa shape index (κ3) is 3.09. The number of amidine groups is 1. The zero-order chi connectivity index (χ0) is 13.8. The minimum absolute atomic E-state index is 0.131. The maximum absolute atomic E-state index is 8.81. The minimum atomic E-state index is 0.131. The zero-order valence-corrected chi connectivity index (χ0v) is 11.7. The molecule has 0 heterocycles. The standard InChI is InChI=1S/C15H16N2OS/c1-10-7-8-12(9-11(10)2)19-14-6-4-3-5-13(14)15(16)17-18/h3-9,18H,1-2H3,(H2,16,17). The molecule has 0 saturated carbocycles. The van der Waals surface area contributed by atoms with Crippen LogP contribution in [0.3, 0.4) is 0 Å². The molecule has 0 atom stereocenters. The molecule has 0 radical (unpaired) electrons. The quantitative estimate of drug-likeness (QED) is 0.389. The van der Waals surface area contributed by atoms with Crippen molar-refractivity contribution in [3.8, 4) is 0 Å². The normalized spacial score (nSPS) is 11.6. The molecule has 0 unspecified atom stereocenters. The number of nitrogens with two attached hydrogens (primary N) is 1. The molecule has 98 valence electrons. The average Bonchev–Trinajstić information content (AvgIpc) is 2.43. The van der Waals surface area contributed by atoms with Gasteiger partial charge in [-0.3, -0.25) is 0 Å². The molecule has 0 aromatic heterocycles. The van der Waals surface area contributed by atoms with E-state index >= 15 is 0 Å². The van der Waals surface area contributed by atoms with E-state index in [1.165, 1.54) is 11.1 Å². The first-order valence-electron chi connectivity index (χ1n) is 5.94. The van der Waals surface area contributed by atoms with Gasteiger partial charge in [0.05, 0.1) is 0 Å². The molecule has 4 heteroatoms. The fourth-order valence-corrected chi connectivity index (χ4v) is 2.78. The smallest absolute Gasteiger partial charge is 0.171 e. The second kappa shape index (κ2) is 5.80. The lowest BCUT2D eigenvalue weighted by Gasteiger charge is -2.09. The van der Waals surface area contributed by atoms with Crippen molar-refractivity contribution in [3.05, 3.63) is 59.2 Å². The van der Waals surface area contributed by atoms with E-state index in [-0.39, 0.29) is 5.84 Å². The molecule has 19 heavy (non-hydrogen) atoms. The third-order valence-electron chi connectivity index (χ3n) is 2.98. The van der Waals surface area contributed by atoms with Gasteiger partial charge in [0.15, 0.2) is 5.84 Å². The topological polar surface area (TPSA) is 58.6 Å². The van der Waals surface area contributed by atoms with Crippen LogP contribution in [0.1, 0.15) is 16.7 Å². The predicted octanol–water partition coefficient (Wildman–Crippen LogP) is 3.55. The molecule has 3 nitrogen and oxygen atoms in total. The molecule has 0 saturated heterocycles. The Balaban J connectivity index is 2.35. The molecule has 0 bridgehead atoms. The highest BCUT2D eigenvalue weighted by molar-refractivity contribution is 7.99. The van der Waals surface area contributed by atoms with Gasteiger partial charge in [-0.25, -0.2) is 0 Å². The first-order chi connectivity index (χ1) is 9.11. The monoisotopic (exact) mass is 272 g/mol. The summed E-state index contributed by atoms with van der Waals surface area (Å²) in [5, 5.41) is 11.9. The van der Waals surface area contributed by atoms with Gasteiger partial charge in [-0.2, -0.15) is 0 Å². The summed E-state index contributed by atoms with van der Waals surface area (Å²) in [5.74, 6) is 0.131. The molecule has 2 aromatic carbocycles. The summed E-state index contributed by atoms with van der Waals surface area (Å²) in [5.41, 5.74) is 8.96. The maximum Gasteiger partial charge on any atom is 0.171 e. The van der Waals surface area contributed by atoms with Crippen LogP contribution in [-0.2, 0) is 0 Å². The molecule has 0 fully saturated rings. The van der Waals surface area contributed by atoms with Gasteiger partial charge in [0.1, 0.15) is 0 Å². The highest BCUT2D eigenvalue weighted by Crippen LogP contribution is 2.31. The van der Waals surface area contributed by atoms with E-state index < -0.39 is 0 Å². The van der Waals surface area contributed by atoms with Gasteiger partial charge in [-0.05, 0) is 43.2 Å². The van der Waals surface area contributed by atoms with Crippen LogP contribution < -0.4 is 5.73 Å². The predicted molar refractivity (Wildman–Crippen MR) is 79.0 cm³/mol. The Labute approximate surface area is 117 Å². The summed E-state index contributed by atoms with van der Waals surface area (Å²) in [6.07, 6.45) is 0. The van der Waals surface area contributed by atoms with Crippen molar-refractivity contribution < 1.29 is 5.21 Å². The fourth-order valence-electron chi connectivity index (χ4n) is 1.73. The van der Waals surface area contributed by atoms with Gasteiger partial charge in [0.25, 0.3) is 0 Å². The van der Waals surface area contributed by atoms with Crippen molar-refractivity contribution in [2.45, 2.75) is 23.6 Å². The van der Waals surface area contributed by atoms with Crippen LogP contribution in [0.4, 0.5) is 0 Å². The Morgan fingerprint density at radius 1 is 1.11 bits per heavy atom. The zero-order valence-electron chi connectivity index (χ0n) is 10.9. The van der Waals surface area contributed by atoms with Crippen LogP contribution in [-0.4, -0.2) is 11.0 Å². The Kier molecular flexibility index (Phi) is 4.12. The third-order valence-corrected chi connectivity index (χ3v) is 4.04. The molecule has 0 aliphatic carbocycles. The molecule has 2 aromatic rings. The van der Waals surface area contributed by atoms with Crippen molar-refractivity contribution in [1.29, 1.82) is 0 Å². The molecule has 0 aliphatic heterocycles. The van der Waals surface area contributed by atoms with Gasteiger partial charge in [-0.1, -0.05) is 41.2 Å². The molecule has 0 aliphatic rings. The summed E-state index contributed by atoms with van der Waals surface area (Å²) in [4.78, 5) is 2.11. The Morgan fingerprint density at radius 3 is 2.53 bits per heavy atom. The van der Waals surface area contributed by atoms with Gasteiger partial charge in [-0.15, -0.1) is 0 Å². The van der Waals surface area contributed by atoms with Crippen LogP contribution >= 0.6 is 11.8 Å². The van der Waals surface area contributed by atoms with E-state index in [4.69, 9.17) is 10.9 Å². The van der Waals surface area contributed by atoms with E-state index in [2.05, 4.69) is 37.2 Å². The van der Waals surface area contributed by atoms with Gasteiger partial charge >= 0.3 is 0 Å². The lowest BCUT2D eigenvalue weighted by Crippen LogP contribution is -2.13.